The largest absolute Gasteiger partial charge is 0.312 e. The molecule has 0 spiro atoms. The smallest absolute Gasteiger partial charge is 0.0210 e. The Hall–Kier alpha value is -0.820. The van der Waals surface area contributed by atoms with Crippen molar-refractivity contribution >= 4 is 0 Å². The lowest BCUT2D eigenvalue weighted by Gasteiger charge is -2.17. The molecule has 0 radical (unpaired) electrons. The quantitative estimate of drug-likeness (QED) is 0.788. The third-order valence-electron chi connectivity index (χ3n) is 4.38. The molecule has 1 heteroatoms. The van der Waals surface area contributed by atoms with E-state index in [2.05, 4.69) is 45.1 Å². The molecule has 1 nitrogen and oxygen atoms in total. The third kappa shape index (κ3) is 3.14. The Kier molecular flexibility index (Phi) is 4.11. The fourth-order valence-corrected chi connectivity index (χ4v) is 3.16. The average molecular weight is 245 g/mol. The fourth-order valence-electron chi connectivity index (χ4n) is 3.16. The molecule has 18 heavy (non-hydrogen) atoms. The van der Waals surface area contributed by atoms with Crippen LogP contribution in [0.4, 0.5) is 0 Å². The zero-order valence-electron chi connectivity index (χ0n) is 12.4. The van der Waals surface area contributed by atoms with Crippen LogP contribution >= 0.6 is 0 Å². The molecule has 1 saturated carbocycles. The van der Waals surface area contributed by atoms with Gasteiger partial charge in [-0.15, -0.1) is 0 Å². The van der Waals surface area contributed by atoms with E-state index in [1.807, 2.05) is 0 Å². The summed E-state index contributed by atoms with van der Waals surface area (Å²) >= 11 is 0. The maximum atomic E-state index is 3.69. The Balaban J connectivity index is 1.91. The van der Waals surface area contributed by atoms with Crippen molar-refractivity contribution in [3.8, 4) is 0 Å². The molecule has 0 amide bonds. The van der Waals surface area contributed by atoms with Crippen LogP contribution in [0.5, 0.6) is 0 Å². The number of hydrogen-bond donors (Lipinski definition) is 1. The molecule has 0 heterocycles. The van der Waals surface area contributed by atoms with E-state index in [1.54, 1.807) is 0 Å². The molecule has 1 aliphatic rings. The predicted molar refractivity (Wildman–Crippen MR) is 78.9 cm³/mol. The van der Waals surface area contributed by atoms with E-state index in [1.165, 1.54) is 54.5 Å². The SMILES string of the molecule is CCCC1(CNCc2c(C)cc(C)cc2C)CC1. The second-order valence-corrected chi connectivity index (χ2v) is 6.23. The van der Waals surface area contributed by atoms with Crippen LogP contribution in [-0.2, 0) is 6.54 Å². The van der Waals surface area contributed by atoms with Gasteiger partial charge >= 0.3 is 0 Å². The summed E-state index contributed by atoms with van der Waals surface area (Å²) in [6.45, 7) is 11.2. The molecule has 0 atom stereocenters. The van der Waals surface area contributed by atoms with Gasteiger partial charge in [0.05, 0.1) is 0 Å². The lowest BCUT2D eigenvalue weighted by Crippen LogP contribution is -2.24. The van der Waals surface area contributed by atoms with E-state index in [0.717, 1.165) is 6.54 Å². The van der Waals surface area contributed by atoms with Crippen LogP contribution in [0, 0.1) is 26.2 Å². The van der Waals surface area contributed by atoms with E-state index in [-0.39, 0.29) is 0 Å². The topological polar surface area (TPSA) is 12.0 Å². The van der Waals surface area contributed by atoms with E-state index in [4.69, 9.17) is 0 Å². The predicted octanol–water partition coefficient (Wildman–Crippen LogP) is 4.28. The summed E-state index contributed by atoms with van der Waals surface area (Å²) in [6.07, 6.45) is 5.58. The van der Waals surface area contributed by atoms with Crippen molar-refractivity contribution in [2.24, 2.45) is 5.41 Å². The van der Waals surface area contributed by atoms with Crippen molar-refractivity contribution < 1.29 is 0 Å². The average Bonchev–Trinajstić information content (AvgIpc) is 3.03. The normalized spacial score (nSPS) is 16.9. The number of aryl methyl sites for hydroxylation is 3. The van der Waals surface area contributed by atoms with Gasteiger partial charge < -0.3 is 5.32 Å². The van der Waals surface area contributed by atoms with Crippen LogP contribution in [0.3, 0.4) is 0 Å². The van der Waals surface area contributed by atoms with E-state index >= 15 is 0 Å². The molecule has 0 bridgehead atoms. The first-order valence-electron chi connectivity index (χ1n) is 7.34. The second-order valence-electron chi connectivity index (χ2n) is 6.23. The van der Waals surface area contributed by atoms with Crippen molar-refractivity contribution in [2.45, 2.75) is 59.9 Å². The molecule has 1 N–H and O–H groups in total. The van der Waals surface area contributed by atoms with Crippen LogP contribution in [0.25, 0.3) is 0 Å². The lowest BCUT2D eigenvalue weighted by atomic mass is 9.98. The molecule has 0 unspecified atom stereocenters. The summed E-state index contributed by atoms with van der Waals surface area (Å²) in [6, 6.07) is 4.59. The summed E-state index contributed by atoms with van der Waals surface area (Å²) in [5.74, 6) is 0. The van der Waals surface area contributed by atoms with Gasteiger partial charge in [0, 0.05) is 13.1 Å². The van der Waals surface area contributed by atoms with Crippen LogP contribution in [-0.4, -0.2) is 6.54 Å². The highest BCUT2D eigenvalue weighted by atomic mass is 14.9. The van der Waals surface area contributed by atoms with Crippen LogP contribution < -0.4 is 5.32 Å². The van der Waals surface area contributed by atoms with Gasteiger partial charge in [-0.3, -0.25) is 0 Å². The molecule has 1 aromatic carbocycles. The maximum Gasteiger partial charge on any atom is 0.0210 e. The molecule has 0 aromatic heterocycles. The zero-order chi connectivity index (χ0) is 13.2. The van der Waals surface area contributed by atoms with Gasteiger partial charge in [-0.1, -0.05) is 31.0 Å². The van der Waals surface area contributed by atoms with Gasteiger partial charge in [0.1, 0.15) is 0 Å². The lowest BCUT2D eigenvalue weighted by molar-refractivity contribution is 0.420. The minimum Gasteiger partial charge on any atom is -0.312 e. The molecule has 0 saturated heterocycles. The molecule has 2 rings (SSSR count). The monoisotopic (exact) mass is 245 g/mol. The van der Waals surface area contributed by atoms with Crippen molar-refractivity contribution in [3.63, 3.8) is 0 Å². The Morgan fingerprint density at radius 1 is 1.11 bits per heavy atom. The Bertz CT molecular complexity index is 393. The number of nitrogens with one attached hydrogen (secondary N) is 1. The number of benzene rings is 1. The summed E-state index contributed by atoms with van der Waals surface area (Å²) in [5, 5.41) is 3.69. The van der Waals surface area contributed by atoms with Crippen LogP contribution in [0.15, 0.2) is 12.1 Å². The van der Waals surface area contributed by atoms with Gasteiger partial charge in [-0.2, -0.15) is 0 Å². The molecule has 100 valence electrons. The Morgan fingerprint density at radius 3 is 2.22 bits per heavy atom. The van der Waals surface area contributed by atoms with E-state index in [0.29, 0.717) is 5.41 Å². The molecular weight excluding hydrogens is 218 g/mol. The van der Waals surface area contributed by atoms with Gasteiger partial charge in [0.25, 0.3) is 0 Å². The Labute approximate surface area is 112 Å². The minimum absolute atomic E-state index is 0.654. The van der Waals surface area contributed by atoms with Gasteiger partial charge in [-0.05, 0) is 62.1 Å². The molecule has 1 fully saturated rings. The van der Waals surface area contributed by atoms with Crippen molar-refractivity contribution in [1.29, 1.82) is 0 Å². The van der Waals surface area contributed by atoms with Gasteiger partial charge in [-0.25, -0.2) is 0 Å². The first-order chi connectivity index (χ1) is 8.56. The van der Waals surface area contributed by atoms with Gasteiger partial charge in [0.2, 0.25) is 0 Å². The molecule has 0 aliphatic heterocycles. The highest BCUT2D eigenvalue weighted by Crippen LogP contribution is 2.48. The fraction of sp³-hybridized carbons (Fsp3) is 0.647. The first kappa shape index (κ1) is 13.6. The van der Waals surface area contributed by atoms with Crippen LogP contribution in [0.1, 0.15) is 54.9 Å². The summed E-state index contributed by atoms with van der Waals surface area (Å²) < 4.78 is 0. The van der Waals surface area contributed by atoms with Crippen molar-refractivity contribution in [3.05, 3.63) is 34.4 Å². The van der Waals surface area contributed by atoms with E-state index in [9.17, 15) is 0 Å². The maximum absolute atomic E-state index is 3.69. The molecule has 1 aliphatic carbocycles. The van der Waals surface area contributed by atoms with Crippen LogP contribution in [0.2, 0.25) is 0 Å². The van der Waals surface area contributed by atoms with E-state index < -0.39 is 0 Å². The third-order valence-corrected chi connectivity index (χ3v) is 4.38. The number of hydrogen-bond acceptors (Lipinski definition) is 1. The standard InChI is InChI=1S/C17H27N/c1-5-6-17(7-8-17)12-18-11-16-14(3)9-13(2)10-15(16)4/h9-10,18H,5-8,11-12H2,1-4H3. The second kappa shape index (κ2) is 5.44. The minimum atomic E-state index is 0.654. The van der Waals surface area contributed by atoms with Gasteiger partial charge in [0.15, 0.2) is 0 Å². The highest BCUT2D eigenvalue weighted by molar-refractivity contribution is 5.37. The Morgan fingerprint density at radius 2 is 1.72 bits per heavy atom. The van der Waals surface area contributed by atoms with Crippen molar-refractivity contribution in [2.75, 3.05) is 6.54 Å². The summed E-state index contributed by atoms with van der Waals surface area (Å²) in [5.41, 5.74) is 6.38. The molecular formula is C17H27N. The number of rotatable bonds is 6. The van der Waals surface area contributed by atoms with Crippen molar-refractivity contribution in [1.82, 2.24) is 5.32 Å². The highest BCUT2D eigenvalue weighted by Gasteiger charge is 2.40. The zero-order valence-corrected chi connectivity index (χ0v) is 12.4. The molecule has 1 aromatic rings. The first-order valence-corrected chi connectivity index (χ1v) is 7.34. The summed E-state index contributed by atoms with van der Waals surface area (Å²) in [4.78, 5) is 0. The summed E-state index contributed by atoms with van der Waals surface area (Å²) in [7, 11) is 0.